The zero-order valence-electron chi connectivity index (χ0n) is 26.6. The minimum Gasteiger partial charge on any atom is -0.472 e. The van der Waals surface area contributed by atoms with Gasteiger partial charge < -0.3 is 35.5 Å². The molecule has 2 saturated heterocycles. The number of aromatic nitrogens is 2. The number of alkyl halides is 5. The molecule has 1 amide bonds. The highest BCUT2D eigenvalue weighted by molar-refractivity contribution is 6.07. The van der Waals surface area contributed by atoms with Crippen molar-refractivity contribution in [2.24, 2.45) is 0 Å². The van der Waals surface area contributed by atoms with Gasteiger partial charge in [0.1, 0.15) is 29.9 Å². The van der Waals surface area contributed by atoms with Gasteiger partial charge in [0.05, 0.1) is 29.1 Å². The predicted molar refractivity (Wildman–Crippen MR) is 163 cm³/mol. The number of nitrogens with one attached hydrogen (secondary N) is 2. The molecule has 0 radical (unpaired) electrons. The van der Waals surface area contributed by atoms with E-state index in [-0.39, 0.29) is 58.6 Å². The number of hydrogen-bond acceptors (Lipinski definition) is 9. The lowest BCUT2D eigenvalue weighted by atomic mass is 9.94. The molecular weight excluding hydrogens is 665 g/mol. The lowest BCUT2D eigenvalue weighted by Gasteiger charge is -2.47. The highest BCUT2D eigenvalue weighted by Crippen LogP contribution is 2.49. The SMILES string of the molecule is Cc1c(C(=O)NC2(C)CC2)nc2c3c(nc(-c4cc(N)cc(F)c4OC(F)(F)F)c(F)c13)O[C@@H](C)[C@@H]1[C@@H]3CC[C@](COCC(F)F)(CN21)N3. The van der Waals surface area contributed by atoms with Crippen LogP contribution in [-0.2, 0) is 4.74 Å². The van der Waals surface area contributed by atoms with Gasteiger partial charge in [0.25, 0.3) is 12.3 Å². The van der Waals surface area contributed by atoms with Gasteiger partial charge in [0.15, 0.2) is 17.4 Å². The number of anilines is 2. The maximum absolute atomic E-state index is 17.0. The van der Waals surface area contributed by atoms with Crippen molar-refractivity contribution in [2.45, 2.75) is 88.5 Å². The Morgan fingerprint density at radius 3 is 2.61 bits per heavy atom. The van der Waals surface area contributed by atoms with Crippen LogP contribution in [0.15, 0.2) is 12.1 Å². The summed E-state index contributed by atoms with van der Waals surface area (Å²) >= 11 is 0. The van der Waals surface area contributed by atoms with Gasteiger partial charge in [-0.05, 0) is 58.1 Å². The van der Waals surface area contributed by atoms with Crippen LogP contribution in [0.25, 0.3) is 22.0 Å². The van der Waals surface area contributed by atoms with Gasteiger partial charge in [-0.2, -0.15) is 0 Å². The number of nitrogens with two attached hydrogens (primary N) is 1. The third-order valence-corrected chi connectivity index (χ3v) is 9.79. The first kappa shape index (κ1) is 33.4. The summed E-state index contributed by atoms with van der Waals surface area (Å²) in [6, 6.07) is 0.734. The van der Waals surface area contributed by atoms with Gasteiger partial charge in [-0.25, -0.2) is 27.5 Å². The van der Waals surface area contributed by atoms with E-state index in [1.54, 1.807) is 6.92 Å². The number of nitrogens with zero attached hydrogens (tertiary/aromatic N) is 3. The molecule has 17 heteroatoms. The van der Waals surface area contributed by atoms with Gasteiger partial charge in [-0.3, -0.25) is 4.79 Å². The van der Waals surface area contributed by atoms with Crippen LogP contribution < -0.4 is 30.7 Å². The van der Waals surface area contributed by atoms with Crippen molar-refractivity contribution in [3.8, 4) is 22.9 Å². The number of pyridine rings is 2. The number of benzene rings is 1. The second kappa shape index (κ2) is 11.5. The van der Waals surface area contributed by atoms with Gasteiger partial charge in [-0.1, -0.05) is 0 Å². The molecule has 1 aromatic carbocycles. The van der Waals surface area contributed by atoms with Gasteiger partial charge >= 0.3 is 6.36 Å². The molecule has 0 spiro atoms. The smallest absolute Gasteiger partial charge is 0.472 e. The number of hydrogen-bond donors (Lipinski definition) is 3. The number of fused-ring (bicyclic) bond motifs is 5. The zero-order valence-corrected chi connectivity index (χ0v) is 26.6. The predicted octanol–water partition coefficient (Wildman–Crippen LogP) is 5.39. The molecular formula is C32H33F7N6O4. The summed E-state index contributed by atoms with van der Waals surface area (Å²) in [7, 11) is 0. The lowest BCUT2D eigenvalue weighted by Crippen LogP contribution is -2.68. The van der Waals surface area contributed by atoms with E-state index in [0.717, 1.165) is 6.07 Å². The van der Waals surface area contributed by atoms with Crippen LogP contribution in [0.4, 0.5) is 42.2 Å². The molecule has 2 aromatic heterocycles. The molecule has 4 atom stereocenters. The largest absolute Gasteiger partial charge is 0.573 e. The fraction of sp³-hybridized carbons (Fsp3) is 0.531. The highest BCUT2D eigenvalue weighted by Gasteiger charge is 2.54. The molecule has 264 valence electrons. The quantitative estimate of drug-likeness (QED) is 0.210. The molecule has 3 aliphatic heterocycles. The number of aryl methyl sites for hydroxylation is 1. The van der Waals surface area contributed by atoms with Crippen LogP contribution in [0, 0.1) is 18.6 Å². The molecule has 2 bridgehead atoms. The van der Waals surface area contributed by atoms with Crippen LogP contribution in [0.1, 0.15) is 55.6 Å². The second-order valence-electron chi connectivity index (χ2n) is 13.6. The summed E-state index contributed by atoms with van der Waals surface area (Å²) in [4.78, 5) is 24.7. The van der Waals surface area contributed by atoms with Crippen molar-refractivity contribution in [3.63, 3.8) is 0 Å². The maximum atomic E-state index is 17.0. The molecule has 7 rings (SSSR count). The van der Waals surface area contributed by atoms with Crippen LogP contribution >= 0.6 is 0 Å². The van der Waals surface area contributed by atoms with Crippen molar-refractivity contribution in [1.29, 1.82) is 0 Å². The summed E-state index contributed by atoms with van der Waals surface area (Å²) in [6.07, 6.45) is -6.15. The first-order valence-corrected chi connectivity index (χ1v) is 15.8. The topological polar surface area (TPSA) is 124 Å². The number of rotatable bonds is 8. The van der Waals surface area contributed by atoms with Gasteiger partial charge in [0, 0.05) is 35.3 Å². The number of piperazine rings is 1. The van der Waals surface area contributed by atoms with E-state index >= 15 is 8.78 Å². The van der Waals surface area contributed by atoms with Crippen LogP contribution in [0.3, 0.4) is 0 Å². The number of halogens is 7. The monoisotopic (exact) mass is 698 g/mol. The first-order valence-electron chi connectivity index (χ1n) is 15.8. The number of carbonyl (C=O) groups excluding carboxylic acids is 1. The summed E-state index contributed by atoms with van der Waals surface area (Å²) in [5.74, 6) is -4.75. The van der Waals surface area contributed by atoms with Crippen molar-refractivity contribution in [1.82, 2.24) is 20.6 Å². The van der Waals surface area contributed by atoms with E-state index in [9.17, 15) is 26.7 Å². The Morgan fingerprint density at radius 1 is 1.20 bits per heavy atom. The van der Waals surface area contributed by atoms with E-state index < -0.39 is 77.2 Å². The average molecular weight is 699 g/mol. The van der Waals surface area contributed by atoms with Crippen molar-refractivity contribution in [2.75, 3.05) is 30.4 Å². The zero-order chi connectivity index (χ0) is 35.2. The third kappa shape index (κ3) is 5.93. The Bertz CT molecular complexity index is 1860. The minimum atomic E-state index is -5.35. The molecule has 1 aliphatic carbocycles. The van der Waals surface area contributed by atoms with Crippen molar-refractivity contribution in [3.05, 3.63) is 35.0 Å². The number of nitrogen functional groups attached to an aromatic ring is 1. The Hall–Kier alpha value is -4.12. The first-order chi connectivity index (χ1) is 23.0. The standard InChI is InChI=1S/C32H33F7N6O4/c1-13-20-21-27(41-23(13)28(46)44-30(3)6-7-30)45-11-31(12-47-10-19(34)35)5-4-18(43-31)25(45)14(2)48-29(21)42-24(22(20)36)16-8-15(40)9-17(33)26(16)49-32(37,38)39/h8-9,14,18-19,25,43H,4-7,10-12,40H2,1-3H3,(H,44,46)/t14-,18-,25+,31+/m0/s1. The van der Waals surface area contributed by atoms with Crippen LogP contribution in [0.2, 0.25) is 0 Å². The maximum Gasteiger partial charge on any atom is 0.573 e. The molecule has 49 heavy (non-hydrogen) atoms. The molecule has 0 unspecified atom stereocenters. The third-order valence-electron chi connectivity index (χ3n) is 9.79. The molecule has 4 N–H and O–H groups in total. The minimum absolute atomic E-state index is 0.0355. The van der Waals surface area contributed by atoms with Crippen LogP contribution in [-0.4, -0.2) is 77.7 Å². The number of carbonyl (C=O) groups is 1. The molecule has 10 nitrogen and oxygen atoms in total. The number of ether oxygens (including phenoxy) is 3. The number of amides is 1. The van der Waals surface area contributed by atoms with Crippen molar-refractivity contribution < 1.29 is 49.7 Å². The van der Waals surface area contributed by atoms with E-state index in [1.165, 1.54) is 6.92 Å². The van der Waals surface area contributed by atoms with Gasteiger partial charge in [-0.15, -0.1) is 13.2 Å². The average Bonchev–Trinajstić information content (AvgIpc) is 3.65. The normalized spacial score (nSPS) is 25.2. The fourth-order valence-electron chi connectivity index (χ4n) is 7.36. The Morgan fingerprint density at radius 2 is 1.94 bits per heavy atom. The second-order valence-corrected chi connectivity index (χ2v) is 13.6. The summed E-state index contributed by atoms with van der Waals surface area (Å²) in [5, 5.41) is 6.22. The Labute approximate surface area is 275 Å². The van der Waals surface area contributed by atoms with E-state index in [2.05, 4.69) is 20.4 Å². The Kier molecular flexibility index (Phi) is 7.81. The molecule has 3 fully saturated rings. The van der Waals surface area contributed by atoms with Gasteiger partial charge in [0.2, 0.25) is 5.88 Å². The summed E-state index contributed by atoms with van der Waals surface area (Å²) in [6.45, 7) is 4.34. The van der Waals surface area contributed by atoms with Crippen LogP contribution in [0.5, 0.6) is 11.6 Å². The van der Waals surface area contributed by atoms with Crippen molar-refractivity contribution >= 4 is 28.2 Å². The van der Waals surface area contributed by atoms with E-state index in [0.29, 0.717) is 31.7 Å². The van der Waals surface area contributed by atoms with E-state index in [1.807, 2.05) is 11.8 Å². The fourth-order valence-corrected chi connectivity index (χ4v) is 7.36. The Balaban J connectivity index is 1.46. The highest BCUT2D eigenvalue weighted by atomic mass is 19.4. The lowest BCUT2D eigenvalue weighted by molar-refractivity contribution is -0.275. The summed E-state index contributed by atoms with van der Waals surface area (Å²) < 4.78 is 114. The molecule has 4 aliphatic rings. The molecule has 5 heterocycles. The molecule has 3 aromatic rings. The summed E-state index contributed by atoms with van der Waals surface area (Å²) in [5.41, 5.74) is 2.59. The van der Waals surface area contributed by atoms with E-state index in [4.69, 9.17) is 20.2 Å². The molecule has 1 saturated carbocycles.